The van der Waals surface area contributed by atoms with Crippen LogP contribution in [0.1, 0.15) is 27.7 Å². The highest BCUT2D eigenvalue weighted by Crippen LogP contribution is 2.19. The zero-order valence-electron chi connectivity index (χ0n) is 9.55. The molecule has 5 nitrogen and oxygen atoms in total. The maximum Gasteiger partial charge on any atom is 0.326 e. The Balaban J connectivity index is 4.51. The molecule has 5 heteroatoms. The Morgan fingerprint density at radius 1 is 1.33 bits per heavy atom. The van der Waals surface area contributed by atoms with Crippen LogP contribution in [0.5, 0.6) is 0 Å². The molecule has 0 heterocycles. The van der Waals surface area contributed by atoms with E-state index in [1.54, 1.807) is 27.7 Å². The van der Waals surface area contributed by atoms with Gasteiger partial charge in [0.15, 0.2) is 0 Å². The molecule has 0 aromatic carbocycles. The number of allylic oxidation sites excluding steroid dienone is 1. The van der Waals surface area contributed by atoms with E-state index in [0.29, 0.717) is 5.70 Å². The zero-order valence-corrected chi connectivity index (χ0v) is 9.55. The molecule has 0 aliphatic heterocycles. The van der Waals surface area contributed by atoms with Crippen molar-refractivity contribution in [1.82, 2.24) is 10.6 Å². The second-order valence-electron chi connectivity index (χ2n) is 4.52. The number of hydrogen-bond donors (Lipinski definition) is 3. The molecule has 0 aliphatic rings. The lowest BCUT2D eigenvalue weighted by Crippen LogP contribution is -2.51. The molecule has 0 aromatic heterocycles. The van der Waals surface area contributed by atoms with Gasteiger partial charge in [-0.25, -0.2) is 9.59 Å². The monoisotopic (exact) mass is 214 g/mol. The molecular formula is C10H18N2O3. The minimum Gasteiger partial charge on any atom is -0.480 e. The van der Waals surface area contributed by atoms with Crippen LogP contribution in [0.2, 0.25) is 0 Å². The van der Waals surface area contributed by atoms with Crippen molar-refractivity contribution in [2.75, 3.05) is 0 Å². The number of amides is 2. The molecule has 86 valence electrons. The first-order valence-corrected chi connectivity index (χ1v) is 4.60. The van der Waals surface area contributed by atoms with Crippen LogP contribution < -0.4 is 10.6 Å². The fraction of sp³-hybridized carbons (Fsp3) is 0.600. The summed E-state index contributed by atoms with van der Waals surface area (Å²) >= 11 is 0. The van der Waals surface area contributed by atoms with Gasteiger partial charge < -0.3 is 15.7 Å². The topological polar surface area (TPSA) is 78.4 Å². The first kappa shape index (κ1) is 13.5. The highest BCUT2D eigenvalue weighted by molar-refractivity contribution is 5.83. The molecule has 0 aliphatic carbocycles. The quantitative estimate of drug-likeness (QED) is 0.663. The van der Waals surface area contributed by atoms with Crippen LogP contribution in [0.4, 0.5) is 4.79 Å². The number of nitrogens with one attached hydrogen (secondary N) is 2. The number of carbonyl (C=O) groups excluding carboxylic acids is 1. The van der Waals surface area contributed by atoms with Crippen molar-refractivity contribution in [1.29, 1.82) is 0 Å². The number of carbonyl (C=O) groups is 2. The van der Waals surface area contributed by atoms with E-state index in [2.05, 4.69) is 17.2 Å². The molecule has 1 atom stereocenters. The van der Waals surface area contributed by atoms with Crippen molar-refractivity contribution in [2.24, 2.45) is 5.41 Å². The normalized spacial score (nSPS) is 12.8. The van der Waals surface area contributed by atoms with Gasteiger partial charge in [-0.2, -0.15) is 0 Å². The molecule has 0 saturated carbocycles. The van der Waals surface area contributed by atoms with Crippen molar-refractivity contribution in [2.45, 2.75) is 33.7 Å². The van der Waals surface area contributed by atoms with Gasteiger partial charge >= 0.3 is 12.0 Å². The van der Waals surface area contributed by atoms with Gasteiger partial charge in [-0.3, -0.25) is 0 Å². The van der Waals surface area contributed by atoms with Crippen LogP contribution in [0.15, 0.2) is 12.3 Å². The fourth-order valence-corrected chi connectivity index (χ4v) is 1.01. The maximum atomic E-state index is 11.3. The SMILES string of the molecule is C=C(C)NC(=O)NC(C(=O)O)C(C)(C)C. The van der Waals surface area contributed by atoms with E-state index >= 15 is 0 Å². The highest BCUT2D eigenvalue weighted by atomic mass is 16.4. The lowest BCUT2D eigenvalue weighted by molar-refractivity contribution is -0.141. The Kier molecular flexibility index (Phi) is 4.33. The van der Waals surface area contributed by atoms with Crippen LogP contribution in [-0.4, -0.2) is 23.1 Å². The van der Waals surface area contributed by atoms with Gasteiger partial charge in [0.25, 0.3) is 0 Å². The van der Waals surface area contributed by atoms with Crippen LogP contribution in [0, 0.1) is 5.41 Å². The summed E-state index contributed by atoms with van der Waals surface area (Å²) in [4.78, 5) is 22.2. The van der Waals surface area contributed by atoms with E-state index in [1.165, 1.54) is 0 Å². The number of urea groups is 1. The fourth-order valence-electron chi connectivity index (χ4n) is 1.01. The third-order valence-electron chi connectivity index (χ3n) is 1.72. The number of carboxylic acids is 1. The van der Waals surface area contributed by atoms with Gasteiger partial charge in [0.2, 0.25) is 0 Å². The minimum atomic E-state index is -1.06. The largest absolute Gasteiger partial charge is 0.480 e. The molecule has 1 unspecified atom stereocenters. The Labute approximate surface area is 89.6 Å². The third-order valence-corrected chi connectivity index (χ3v) is 1.72. The summed E-state index contributed by atoms with van der Waals surface area (Å²) < 4.78 is 0. The molecular weight excluding hydrogens is 196 g/mol. The molecule has 3 N–H and O–H groups in total. The Bertz CT molecular complexity index is 279. The van der Waals surface area contributed by atoms with Gasteiger partial charge in [-0.05, 0) is 12.3 Å². The van der Waals surface area contributed by atoms with E-state index in [4.69, 9.17) is 5.11 Å². The predicted molar refractivity (Wildman–Crippen MR) is 57.4 cm³/mol. The van der Waals surface area contributed by atoms with Gasteiger partial charge in [0, 0.05) is 5.70 Å². The smallest absolute Gasteiger partial charge is 0.326 e. The highest BCUT2D eigenvalue weighted by Gasteiger charge is 2.32. The first-order chi connectivity index (χ1) is 6.64. The average molecular weight is 214 g/mol. The van der Waals surface area contributed by atoms with Crippen molar-refractivity contribution >= 4 is 12.0 Å². The molecule has 2 amide bonds. The zero-order chi connectivity index (χ0) is 12.2. The lowest BCUT2D eigenvalue weighted by atomic mass is 9.87. The predicted octanol–water partition coefficient (Wildman–Crippen LogP) is 1.32. The summed E-state index contributed by atoms with van der Waals surface area (Å²) in [5.74, 6) is -1.06. The third kappa shape index (κ3) is 5.05. The second kappa shape index (κ2) is 4.82. The average Bonchev–Trinajstić information content (AvgIpc) is 1.95. The van der Waals surface area contributed by atoms with Gasteiger partial charge in [0.05, 0.1) is 0 Å². The summed E-state index contributed by atoms with van der Waals surface area (Å²) in [5, 5.41) is 13.7. The number of hydrogen-bond acceptors (Lipinski definition) is 2. The first-order valence-electron chi connectivity index (χ1n) is 4.60. The maximum absolute atomic E-state index is 11.3. The Hall–Kier alpha value is -1.52. The van der Waals surface area contributed by atoms with Crippen LogP contribution >= 0.6 is 0 Å². The lowest BCUT2D eigenvalue weighted by Gasteiger charge is -2.27. The van der Waals surface area contributed by atoms with E-state index in [1.807, 2.05) is 0 Å². The summed E-state index contributed by atoms with van der Waals surface area (Å²) in [6, 6.07) is -1.48. The van der Waals surface area contributed by atoms with Gasteiger partial charge in [-0.15, -0.1) is 0 Å². The Morgan fingerprint density at radius 3 is 2.07 bits per heavy atom. The Morgan fingerprint density at radius 2 is 1.80 bits per heavy atom. The van der Waals surface area contributed by atoms with Crippen LogP contribution in [0.25, 0.3) is 0 Å². The van der Waals surface area contributed by atoms with E-state index in [9.17, 15) is 9.59 Å². The van der Waals surface area contributed by atoms with Gasteiger partial charge in [0.1, 0.15) is 6.04 Å². The second-order valence-corrected chi connectivity index (χ2v) is 4.52. The van der Waals surface area contributed by atoms with Gasteiger partial charge in [-0.1, -0.05) is 27.4 Å². The molecule has 0 saturated heterocycles. The standard InChI is InChI=1S/C10H18N2O3/c1-6(2)11-9(15)12-7(8(13)14)10(3,4)5/h7H,1H2,2-5H3,(H,13,14)(H2,11,12,15). The number of rotatable bonds is 3. The van der Waals surface area contributed by atoms with Crippen molar-refractivity contribution in [3.63, 3.8) is 0 Å². The van der Waals surface area contributed by atoms with E-state index < -0.39 is 23.5 Å². The summed E-state index contributed by atoms with van der Waals surface area (Å²) in [7, 11) is 0. The van der Waals surface area contributed by atoms with Crippen LogP contribution in [0.3, 0.4) is 0 Å². The number of aliphatic carboxylic acids is 1. The minimum absolute atomic E-state index is 0.463. The molecule has 0 fully saturated rings. The van der Waals surface area contributed by atoms with Crippen molar-refractivity contribution in [3.8, 4) is 0 Å². The molecule has 0 radical (unpaired) electrons. The number of carboxylic acid groups (broad SMARTS) is 1. The van der Waals surface area contributed by atoms with Crippen LogP contribution in [-0.2, 0) is 4.79 Å². The summed E-state index contributed by atoms with van der Waals surface area (Å²) in [6.07, 6.45) is 0. The molecule has 0 bridgehead atoms. The van der Waals surface area contributed by atoms with Crippen molar-refractivity contribution < 1.29 is 14.7 Å². The molecule has 15 heavy (non-hydrogen) atoms. The summed E-state index contributed by atoms with van der Waals surface area (Å²) in [6.45, 7) is 10.3. The molecule has 0 rings (SSSR count). The molecule has 0 spiro atoms. The summed E-state index contributed by atoms with van der Waals surface area (Å²) in [5.41, 5.74) is -0.0799. The molecule has 0 aromatic rings. The van der Waals surface area contributed by atoms with E-state index in [0.717, 1.165) is 0 Å². The van der Waals surface area contributed by atoms with Crippen molar-refractivity contribution in [3.05, 3.63) is 12.3 Å². The van der Waals surface area contributed by atoms with E-state index in [-0.39, 0.29) is 0 Å².